The van der Waals surface area contributed by atoms with Crippen LogP contribution in [0.15, 0.2) is 4.52 Å². The van der Waals surface area contributed by atoms with Crippen LogP contribution in [0.25, 0.3) is 0 Å². The Morgan fingerprint density at radius 3 is 2.61 bits per heavy atom. The third-order valence-corrected chi connectivity index (χ3v) is 2.64. The van der Waals surface area contributed by atoms with Crippen LogP contribution in [0.4, 0.5) is 0 Å². The minimum atomic E-state index is 0. The van der Waals surface area contributed by atoms with Crippen molar-refractivity contribution < 1.29 is 4.52 Å². The molecule has 0 fully saturated rings. The predicted octanol–water partition coefficient (Wildman–Crippen LogP) is 1.86. The highest BCUT2D eigenvalue weighted by Gasteiger charge is 2.19. The molecule has 1 aromatic heterocycles. The van der Waals surface area contributed by atoms with E-state index in [2.05, 4.69) is 35.8 Å². The zero-order chi connectivity index (χ0) is 12.9. The van der Waals surface area contributed by atoms with E-state index < -0.39 is 0 Å². The fourth-order valence-electron chi connectivity index (χ4n) is 1.76. The summed E-state index contributed by atoms with van der Waals surface area (Å²) in [5, 5.41) is 3.94. The molecule has 106 valence electrons. The molecule has 0 aliphatic carbocycles. The van der Waals surface area contributed by atoms with Crippen LogP contribution in [0.3, 0.4) is 0 Å². The van der Waals surface area contributed by atoms with E-state index in [1.165, 1.54) is 0 Å². The summed E-state index contributed by atoms with van der Waals surface area (Å²) in [4.78, 5) is 6.51. The monoisotopic (exact) mass is 276 g/mol. The molecule has 1 aromatic rings. The smallest absolute Gasteiger partial charge is 0.240 e. The normalized spacial score (nSPS) is 11.7. The first-order valence-corrected chi connectivity index (χ1v) is 6.17. The summed E-state index contributed by atoms with van der Waals surface area (Å²) in [6, 6.07) is 0. The number of hydrogen-bond donors (Lipinski definition) is 1. The molecule has 0 saturated carbocycles. The van der Waals surface area contributed by atoms with E-state index in [9.17, 15) is 0 Å². The quantitative estimate of drug-likeness (QED) is 0.823. The Morgan fingerprint density at radius 2 is 2.06 bits per heavy atom. The predicted molar refractivity (Wildman–Crippen MR) is 74.7 cm³/mol. The van der Waals surface area contributed by atoms with Crippen LogP contribution < -0.4 is 5.73 Å². The van der Waals surface area contributed by atoms with Gasteiger partial charge in [0.25, 0.3) is 0 Å². The van der Waals surface area contributed by atoms with Gasteiger partial charge < -0.3 is 10.3 Å². The maximum Gasteiger partial charge on any atom is 0.240 e. The molecule has 0 amide bonds. The Hall–Kier alpha value is -0.650. The average molecular weight is 277 g/mol. The van der Waals surface area contributed by atoms with Gasteiger partial charge in [0.2, 0.25) is 5.89 Å². The lowest BCUT2D eigenvalue weighted by atomic mass is 9.93. The van der Waals surface area contributed by atoms with E-state index in [0.29, 0.717) is 19.0 Å². The average Bonchev–Trinajstić information content (AvgIpc) is 2.65. The number of nitrogens with zero attached hydrogens (tertiary/aromatic N) is 3. The summed E-state index contributed by atoms with van der Waals surface area (Å²) >= 11 is 0. The summed E-state index contributed by atoms with van der Waals surface area (Å²) < 4.78 is 5.20. The van der Waals surface area contributed by atoms with Crippen molar-refractivity contribution in [3.05, 3.63) is 11.7 Å². The highest BCUT2D eigenvalue weighted by molar-refractivity contribution is 5.85. The molecule has 2 N–H and O–H groups in total. The molecular formula is C12H25ClN4O. The van der Waals surface area contributed by atoms with Gasteiger partial charge in [0.1, 0.15) is 0 Å². The second-order valence-electron chi connectivity index (χ2n) is 5.39. The SMILES string of the molecule is CCCc1noc(CN(C)CC(C)(C)CN)n1.Cl. The molecule has 5 nitrogen and oxygen atoms in total. The first kappa shape index (κ1) is 17.4. The number of aryl methyl sites for hydroxylation is 1. The zero-order valence-corrected chi connectivity index (χ0v) is 12.6. The molecule has 0 spiro atoms. The van der Waals surface area contributed by atoms with E-state index in [1.807, 2.05) is 7.05 Å². The fourth-order valence-corrected chi connectivity index (χ4v) is 1.76. The van der Waals surface area contributed by atoms with Crippen molar-refractivity contribution in [2.45, 2.75) is 40.2 Å². The van der Waals surface area contributed by atoms with Gasteiger partial charge >= 0.3 is 0 Å². The highest BCUT2D eigenvalue weighted by Crippen LogP contribution is 2.15. The fraction of sp³-hybridized carbons (Fsp3) is 0.833. The molecule has 0 radical (unpaired) electrons. The third kappa shape index (κ3) is 5.80. The van der Waals surface area contributed by atoms with E-state index in [4.69, 9.17) is 10.3 Å². The molecule has 18 heavy (non-hydrogen) atoms. The third-order valence-electron chi connectivity index (χ3n) is 2.64. The minimum absolute atomic E-state index is 0. The standard InChI is InChI=1S/C12H24N4O.ClH/c1-5-6-10-14-11(17-15-10)7-16(4)9-12(2,3)8-13;/h5-9,13H2,1-4H3;1H. The molecule has 0 aliphatic rings. The molecule has 0 unspecified atom stereocenters. The molecule has 0 atom stereocenters. The van der Waals surface area contributed by atoms with Gasteiger partial charge in [0.05, 0.1) is 6.54 Å². The molecule has 0 aromatic carbocycles. The Morgan fingerprint density at radius 1 is 1.39 bits per heavy atom. The Balaban J connectivity index is 0.00000289. The Labute approximate surface area is 116 Å². The number of aromatic nitrogens is 2. The van der Waals surface area contributed by atoms with Crippen molar-refractivity contribution in [2.24, 2.45) is 11.1 Å². The van der Waals surface area contributed by atoms with Gasteiger partial charge in [-0.15, -0.1) is 12.4 Å². The zero-order valence-electron chi connectivity index (χ0n) is 11.8. The summed E-state index contributed by atoms with van der Waals surface area (Å²) in [6.45, 7) is 8.67. The molecule has 1 rings (SSSR count). The number of nitrogens with two attached hydrogens (primary N) is 1. The second kappa shape index (κ2) is 7.71. The second-order valence-corrected chi connectivity index (χ2v) is 5.39. The van der Waals surface area contributed by atoms with Crippen LogP contribution in [0.2, 0.25) is 0 Å². The molecule has 0 saturated heterocycles. The van der Waals surface area contributed by atoms with E-state index in [0.717, 1.165) is 25.2 Å². The molecule has 0 bridgehead atoms. The lowest BCUT2D eigenvalue weighted by Crippen LogP contribution is -2.36. The van der Waals surface area contributed by atoms with E-state index in [1.54, 1.807) is 0 Å². The van der Waals surface area contributed by atoms with Crippen LogP contribution in [-0.4, -0.2) is 35.2 Å². The van der Waals surface area contributed by atoms with Crippen molar-refractivity contribution in [1.29, 1.82) is 0 Å². The Kier molecular flexibility index (Phi) is 7.43. The summed E-state index contributed by atoms with van der Waals surface area (Å²) in [7, 11) is 2.04. The van der Waals surface area contributed by atoms with Crippen LogP contribution in [0, 0.1) is 5.41 Å². The van der Waals surface area contributed by atoms with E-state index in [-0.39, 0.29) is 17.8 Å². The van der Waals surface area contributed by atoms with Gasteiger partial charge in [-0.25, -0.2) is 0 Å². The lowest BCUT2D eigenvalue weighted by molar-refractivity contribution is 0.189. The van der Waals surface area contributed by atoms with Crippen molar-refractivity contribution in [1.82, 2.24) is 15.0 Å². The molecule has 1 heterocycles. The summed E-state index contributed by atoms with van der Waals surface area (Å²) in [5.74, 6) is 1.48. The maximum absolute atomic E-state index is 5.71. The first-order valence-electron chi connectivity index (χ1n) is 6.17. The molecular weight excluding hydrogens is 252 g/mol. The topological polar surface area (TPSA) is 68.2 Å². The van der Waals surface area contributed by atoms with Crippen molar-refractivity contribution >= 4 is 12.4 Å². The van der Waals surface area contributed by atoms with E-state index >= 15 is 0 Å². The van der Waals surface area contributed by atoms with Gasteiger partial charge in [0.15, 0.2) is 5.82 Å². The van der Waals surface area contributed by atoms with Crippen LogP contribution in [0.5, 0.6) is 0 Å². The van der Waals surface area contributed by atoms with Gasteiger partial charge in [-0.05, 0) is 25.4 Å². The van der Waals surface area contributed by atoms with Crippen molar-refractivity contribution in [2.75, 3.05) is 20.1 Å². The first-order chi connectivity index (χ1) is 7.96. The highest BCUT2D eigenvalue weighted by atomic mass is 35.5. The molecule has 0 aliphatic heterocycles. The van der Waals surface area contributed by atoms with Gasteiger partial charge in [-0.1, -0.05) is 25.9 Å². The maximum atomic E-state index is 5.71. The van der Waals surface area contributed by atoms with Gasteiger partial charge in [-0.2, -0.15) is 4.98 Å². The lowest BCUT2D eigenvalue weighted by Gasteiger charge is -2.27. The van der Waals surface area contributed by atoms with Gasteiger partial charge in [-0.3, -0.25) is 4.90 Å². The largest absolute Gasteiger partial charge is 0.338 e. The number of halogens is 1. The summed E-state index contributed by atoms with van der Waals surface area (Å²) in [5.41, 5.74) is 5.83. The number of rotatable bonds is 7. The minimum Gasteiger partial charge on any atom is -0.338 e. The summed E-state index contributed by atoms with van der Waals surface area (Å²) in [6.07, 6.45) is 1.91. The van der Waals surface area contributed by atoms with Crippen molar-refractivity contribution in [3.8, 4) is 0 Å². The van der Waals surface area contributed by atoms with Crippen LogP contribution in [-0.2, 0) is 13.0 Å². The van der Waals surface area contributed by atoms with Crippen molar-refractivity contribution in [3.63, 3.8) is 0 Å². The molecule has 6 heteroatoms. The van der Waals surface area contributed by atoms with Gasteiger partial charge in [0, 0.05) is 13.0 Å². The Bertz CT molecular complexity index is 341. The van der Waals surface area contributed by atoms with Crippen LogP contribution >= 0.6 is 12.4 Å². The number of hydrogen-bond acceptors (Lipinski definition) is 5. The van der Waals surface area contributed by atoms with Crippen LogP contribution in [0.1, 0.15) is 38.9 Å².